The number of hydrogen-bond acceptors (Lipinski definition) is 6. The van der Waals surface area contributed by atoms with Gasteiger partial charge >= 0.3 is 11.9 Å². The fraction of sp³-hybridized carbons (Fsp3) is 0.882. The van der Waals surface area contributed by atoms with Crippen molar-refractivity contribution in [3.8, 4) is 0 Å². The number of aliphatic hydroxyl groups excluding tert-OH is 1. The molecule has 136 valence electrons. The molecule has 0 fully saturated rings. The second-order valence-corrected chi connectivity index (χ2v) is 5.47. The highest BCUT2D eigenvalue weighted by Gasteiger charge is 2.07. The maximum absolute atomic E-state index is 11.7. The molecule has 0 radical (unpaired) electrons. The minimum atomic E-state index is -0.170. The number of carbonyl (C=O) groups excluding carboxylic acids is 2. The van der Waals surface area contributed by atoms with Gasteiger partial charge in [0, 0.05) is 19.6 Å². The van der Waals surface area contributed by atoms with Crippen molar-refractivity contribution in [3.05, 3.63) is 0 Å². The lowest BCUT2D eigenvalue weighted by Gasteiger charge is -2.19. The van der Waals surface area contributed by atoms with Gasteiger partial charge in [-0.25, -0.2) is 0 Å². The van der Waals surface area contributed by atoms with Gasteiger partial charge in [-0.15, -0.1) is 0 Å². The molecular formula is C17H33NO5. The van der Waals surface area contributed by atoms with Crippen LogP contribution in [0.3, 0.4) is 0 Å². The third-order valence-corrected chi connectivity index (χ3v) is 3.57. The van der Waals surface area contributed by atoms with Gasteiger partial charge in [0.05, 0.1) is 19.6 Å². The SMILES string of the molecule is CCC(=O)OCCCCCOC(=O)CCN(CC)CCCCO. The van der Waals surface area contributed by atoms with Gasteiger partial charge in [0.15, 0.2) is 0 Å². The van der Waals surface area contributed by atoms with Gasteiger partial charge in [-0.05, 0) is 45.2 Å². The average Bonchev–Trinajstić information content (AvgIpc) is 2.56. The Labute approximate surface area is 140 Å². The Balaban J connectivity index is 3.50. The molecule has 0 rings (SSSR count). The molecule has 0 aromatic heterocycles. The Hall–Kier alpha value is -1.14. The van der Waals surface area contributed by atoms with E-state index in [1.165, 1.54) is 0 Å². The molecule has 23 heavy (non-hydrogen) atoms. The van der Waals surface area contributed by atoms with E-state index in [0.29, 0.717) is 32.6 Å². The van der Waals surface area contributed by atoms with Crippen LogP contribution in [0.2, 0.25) is 0 Å². The van der Waals surface area contributed by atoms with Crippen molar-refractivity contribution in [2.75, 3.05) is 39.5 Å². The third-order valence-electron chi connectivity index (χ3n) is 3.57. The number of rotatable bonds is 15. The molecule has 0 amide bonds. The first-order valence-corrected chi connectivity index (χ1v) is 8.78. The van der Waals surface area contributed by atoms with E-state index < -0.39 is 0 Å². The van der Waals surface area contributed by atoms with Crippen molar-refractivity contribution in [2.24, 2.45) is 0 Å². The molecule has 0 spiro atoms. The van der Waals surface area contributed by atoms with Crippen LogP contribution in [0.5, 0.6) is 0 Å². The van der Waals surface area contributed by atoms with Crippen molar-refractivity contribution in [2.45, 2.75) is 58.8 Å². The smallest absolute Gasteiger partial charge is 0.307 e. The van der Waals surface area contributed by atoms with Crippen LogP contribution in [-0.4, -0.2) is 61.4 Å². The molecule has 0 heterocycles. The number of nitrogens with zero attached hydrogens (tertiary/aromatic N) is 1. The number of unbranched alkanes of at least 4 members (excludes halogenated alkanes) is 3. The van der Waals surface area contributed by atoms with Crippen molar-refractivity contribution >= 4 is 11.9 Å². The van der Waals surface area contributed by atoms with Crippen LogP contribution in [0, 0.1) is 0 Å². The lowest BCUT2D eigenvalue weighted by atomic mass is 10.2. The van der Waals surface area contributed by atoms with Crippen LogP contribution in [0.1, 0.15) is 58.8 Å². The highest BCUT2D eigenvalue weighted by Crippen LogP contribution is 2.01. The van der Waals surface area contributed by atoms with Gasteiger partial charge in [0.2, 0.25) is 0 Å². The summed E-state index contributed by atoms with van der Waals surface area (Å²) in [6, 6.07) is 0. The summed E-state index contributed by atoms with van der Waals surface area (Å²) in [5.74, 6) is -0.334. The number of hydrogen-bond donors (Lipinski definition) is 1. The van der Waals surface area contributed by atoms with Gasteiger partial charge in [-0.2, -0.15) is 0 Å². The molecule has 0 atom stereocenters. The molecule has 0 saturated carbocycles. The second kappa shape index (κ2) is 15.7. The van der Waals surface area contributed by atoms with Gasteiger partial charge in [0.25, 0.3) is 0 Å². The molecular weight excluding hydrogens is 298 g/mol. The first-order chi connectivity index (χ1) is 11.1. The van der Waals surface area contributed by atoms with Gasteiger partial charge in [-0.3, -0.25) is 9.59 Å². The summed E-state index contributed by atoms with van der Waals surface area (Å²) >= 11 is 0. The van der Waals surface area contributed by atoms with Gasteiger partial charge in [-0.1, -0.05) is 13.8 Å². The Kier molecular flexibility index (Phi) is 15.0. The van der Waals surface area contributed by atoms with E-state index in [1.807, 2.05) is 0 Å². The zero-order chi connectivity index (χ0) is 17.3. The summed E-state index contributed by atoms with van der Waals surface area (Å²) in [4.78, 5) is 24.8. The summed E-state index contributed by atoms with van der Waals surface area (Å²) in [5, 5.41) is 8.77. The van der Waals surface area contributed by atoms with E-state index in [-0.39, 0.29) is 18.5 Å². The van der Waals surface area contributed by atoms with Crippen LogP contribution < -0.4 is 0 Å². The first kappa shape index (κ1) is 21.9. The molecule has 0 aliphatic heterocycles. The molecule has 0 unspecified atom stereocenters. The van der Waals surface area contributed by atoms with E-state index in [2.05, 4.69) is 11.8 Å². The molecule has 0 aliphatic rings. The Bertz CT molecular complexity index is 309. The normalized spacial score (nSPS) is 10.8. The highest BCUT2D eigenvalue weighted by molar-refractivity contribution is 5.69. The molecule has 1 N–H and O–H groups in total. The minimum absolute atomic E-state index is 0.164. The molecule has 6 nitrogen and oxygen atoms in total. The monoisotopic (exact) mass is 331 g/mol. The van der Waals surface area contributed by atoms with Crippen LogP contribution in [-0.2, 0) is 19.1 Å². The molecule has 0 aromatic rings. The van der Waals surface area contributed by atoms with E-state index >= 15 is 0 Å². The standard InChI is InChI=1S/C17H33NO5/c1-3-16(20)22-14-8-5-9-15-23-17(21)10-12-18(4-2)11-6-7-13-19/h19H,3-15H2,1-2H3. The van der Waals surface area contributed by atoms with Crippen molar-refractivity contribution in [1.82, 2.24) is 4.90 Å². The number of esters is 2. The van der Waals surface area contributed by atoms with Gasteiger partial charge in [0.1, 0.15) is 0 Å². The first-order valence-electron chi connectivity index (χ1n) is 8.78. The largest absolute Gasteiger partial charge is 0.466 e. The minimum Gasteiger partial charge on any atom is -0.466 e. The molecule has 0 saturated heterocycles. The fourth-order valence-corrected chi connectivity index (χ4v) is 2.05. The number of aliphatic hydroxyl groups is 1. The summed E-state index contributed by atoms with van der Waals surface area (Å²) in [5.41, 5.74) is 0. The lowest BCUT2D eigenvalue weighted by molar-refractivity contribution is -0.144. The fourth-order valence-electron chi connectivity index (χ4n) is 2.05. The zero-order valence-electron chi connectivity index (χ0n) is 14.7. The van der Waals surface area contributed by atoms with Crippen LogP contribution in [0.4, 0.5) is 0 Å². The van der Waals surface area contributed by atoms with Crippen molar-refractivity contribution < 1.29 is 24.2 Å². The predicted octanol–water partition coefficient (Wildman–Crippen LogP) is 2.14. The van der Waals surface area contributed by atoms with Gasteiger partial charge < -0.3 is 19.5 Å². The number of ether oxygens (including phenoxy) is 2. The third kappa shape index (κ3) is 14.2. The second-order valence-electron chi connectivity index (χ2n) is 5.47. The summed E-state index contributed by atoms with van der Waals surface area (Å²) in [6.45, 7) is 7.43. The van der Waals surface area contributed by atoms with Crippen LogP contribution in [0.25, 0.3) is 0 Å². The maximum Gasteiger partial charge on any atom is 0.307 e. The Morgan fingerprint density at radius 1 is 0.870 bits per heavy atom. The highest BCUT2D eigenvalue weighted by atomic mass is 16.5. The molecule has 6 heteroatoms. The van der Waals surface area contributed by atoms with E-state index in [1.54, 1.807) is 6.92 Å². The lowest BCUT2D eigenvalue weighted by Crippen LogP contribution is -2.28. The Morgan fingerprint density at radius 3 is 2.09 bits per heavy atom. The molecule has 0 bridgehead atoms. The summed E-state index contributed by atoms with van der Waals surface area (Å²) in [6.07, 6.45) is 5.04. The van der Waals surface area contributed by atoms with E-state index in [4.69, 9.17) is 14.6 Å². The molecule has 0 aliphatic carbocycles. The van der Waals surface area contributed by atoms with Crippen LogP contribution in [0.15, 0.2) is 0 Å². The molecule has 0 aromatic carbocycles. The maximum atomic E-state index is 11.7. The quantitative estimate of drug-likeness (QED) is 0.366. The summed E-state index contributed by atoms with van der Waals surface area (Å²) in [7, 11) is 0. The zero-order valence-corrected chi connectivity index (χ0v) is 14.7. The Morgan fingerprint density at radius 2 is 1.52 bits per heavy atom. The van der Waals surface area contributed by atoms with E-state index in [0.717, 1.165) is 45.2 Å². The summed E-state index contributed by atoms with van der Waals surface area (Å²) < 4.78 is 10.2. The van der Waals surface area contributed by atoms with Crippen molar-refractivity contribution in [1.29, 1.82) is 0 Å². The topological polar surface area (TPSA) is 76.1 Å². The average molecular weight is 331 g/mol. The van der Waals surface area contributed by atoms with Crippen molar-refractivity contribution in [3.63, 3.8) is 0 Å². The van der Waals surface area contributed by atoms with Crippen LogP contribution >= 0.6 is 0 Å². The predicted molar refractivity (Wildman–Crippen MR) is 89.1 cm³/mol. The van der Waals surface area contributed by atoms with E-state index in [9.17, 15) is 9.59 Å². The number of carbonyl (C=O) groups is 2.